The number of aromatic hydroxyl groups is 1. The molecule has 19 heavy (non-hydrogen) atoms. The molecule has 1 aromatic rings. The third-order valence-corrected chi connectivity index (χ3v) is 2.88. The van der Waals surface area contributed by atoms with E-state index < -0.39 is 23.8 Å². The number of primary amides is 1. The highest BCUT2D eigenvalue weighted by Gasteiger charge is 2.31. The van der Waals surface area contributed by atoms with Crippen molar-refractivity contribution >= 4 is 5.91 Å². The summed E-state index contributed by atoms with van der Waals surface area (Å²) in [6.07, 6.45) is -0.901. The Kier molecular flexibility index (Phi) is 3.47. The van der Waals surface area contributed by atoms with Crippen molar-refractivity contribution in [1.29, 1.82) is 0 Å². The van der Waals surface area contributed by atoms with Crippen LogP contribution in [0, 0.1) is 11.2 Å². The van der Waals surface area contributed by atoms with E-state index in [0.717, 1.165) is 6.07 Å². The van der Waals surface area contributed by atoms with E-state index in [1.807, 2.05) is 13.8 Å². The average molecular weight is 269 g/mol. The van der Waals surface area contributed by atoms with Gasteiger partial charge in [-0.3, -0.25) is 4.79 Å². The molecule has 104 valence electrons. The third-order valence-electron chi connectivity index (χ3n) is 2.88. The summed E-state index contributed by atoms with van der Waals surface area (Å²) in [5.74, 6) is -2.30. The van der Waals surface area contributed by atoms with Crippen LogP contribution in [0.2, 0.25) is 0 Å². The molecule has 0 atom stereocenters. The van der Waals surface area contributed by atoms with E-state index in [-0.39, 0.29) is 16.5 Å². The first-order chi connectivity index (χ1) is 8.80. The monoisotopic (exact) mass is 269 g/mol. The summed E-state index contributed by atoms with van der Waals surface area (Å²) in [5, 5.41) is 9.70. The molecule has 1 amide bonds. The van der Waals surface area contributed by atoms with Crippen LogP contribution in [0.15, 0.2) is 12.1 Å². The fraction of sp³-hybridized carbons (Fsp3) is 0.462. The Morgan fingerprint density at radius 3 is 2.53 bits per heavy atom. The molecule has 5 nitrogen and oxygen atoms in total. The second-order valence-corrected chi connectivity index (χ2v) is 5.38. The third kappa shape index (κ3) is 2.85. The standard InChI is InChI=1S/C13H16FNO4/c1-13(2)5-18-12(19-6-13)8-3-7(11(15)17)4-9(14)10(8)16/h3-4,12,16H,5-6H2,1-2H3,(H2,15,17). The minimum absolute atomic E-state index is 0.0395. The molecule has 0 bridgehead atoms. The number of phenols is 1. The number of benzene rings is 1. The van der Waals surface area contributed by atoms with Crippen molar-refractivity contribution in [2.75, 3.05) is 13.2 Å². The lowest BCUT2D eigenvalue weighted by atomic mass is 9.95. The Hall–Kier alpha value is -1.66. The van der Waals surface area contributed by atoms with E-state index >= 15 is 0 Å². The van der Waals surface area contributed by atoms with Crippen molar-refractivity contribution in [1.82, 2.24) is 0 Å². The maximum Gasteiger partial charge on any atom is 0.248 e. The van der Waals surface area contributed by atoms with Gasteiger partial charge in [0.1, 0.15) is 0 Å². The number of ether oxygens (including phenoxy) is 2. The second kappa shape index (κ2) is 4.79. The van der Waals surface area contributed by atoms with Crippen LogP contribution in [-0.2, 0) is 9.47 Å². The molecule has 1 fully saturated rings. The van der Waals surface area contributed by atoms with Crippen molar-refractivity contribution < 1.29 is 23.8 Å². The summed E-state index contributed by atoms with van der Waals surface area (Å²) >= 11 is 0. The molecule has 3 N–H and O–H groups in total. The van der Waals surface area contributed by atoms with Crippen LogP contribution in [-0.4, -0.2) is 24.2 Å². The van der Waals surface area contributed by atoms with Gasteiger partial charge < -0.3 is 20.3 Å². The van der Waals surface area contributed by atoms with Gasteiger partial charge in [0, 0.05) is 11.0 Å². The van der Waals surface area contributed by atoms with Gasteiger partial charge in [0.25, 0.3) is 0 Å². The normalized spacial score (nSPS) is 19.3. The van der Waals surface area contributed by atoms with Gasteiger partial charge in [-0.25, -0.2) is 4.39 Å². The zero-order valence-corrected chi connectivity index (χ0v) is 10.8. The quantitative estimate of drug-likeness (QED) is 0.856. The molecule has 0 radical (unpaired) electrons. The highest BCUT2D eigenvalue weighted by atomic mass is 19.1. The number of halogens is 1. The lowest BCUT2D eigenvalue weighted by Gasteiger charge is -2.34. The average Bonchev–Trinajstić information content (AvgIpc) is 2.32. The maximum atomic E-state index is 13.5. The smallest absolute Gasteiger partial charge is 0.248 e. The lowest BCUT2D eigenvalue weighted by molar-refractivity contribution is -0.226. The predicted molar refractivity (Wildman–Crippen MR) is 65.0 cm³/mol. The van der Waals surface area contributed by atoms with E-state index in [4.69, 9.17) is 15.2 Å². The predicted octanol–water partition coefficient (Wildman–Crippen LogP) is 1.70. The summed E-state index contributed by atoms with van der Waals surface area (Å²) in [6, 6.07) is 2.16. The fourth-order valence-electron chi connectivity index (χ4n) is 1.81. The molecule has 0 spiro atoms. The first kappa shape index (κ1) is 13.8. The van der Waals surface area contributed by atoms with Crippen LogP contribution >= 0.6 is 0 Å². The Bertz CT molecular complexity index is 506. The van der Waals surface area contributed by atoms with E-state index in [0.29, 0.717) is 13.2 Å². The fourth-order valence-corrected chi connectivity index (χ4v) is 1.81. The Morgan fingerprint density at radius 2 is 2.00 bits per heavy atom. The molecule has 1 aliphatic rings. The van der Waals surface area contributed by atoms with Crippen LogP contribution in [0.4, 0.5) is 4.39 Å². The van der Waals surface area contributed by atoms with Crippen molar-refractivity contribution in [3.8, 4) is 5.75 Å². The summed E-state index contributed by atoms with van der Waals surface area (Å²) in [6.45, 7) is 4.73. The zero-order valence-electron chi connectivity index (χ0n) is 10.8. The van der Waals surface area contributed by atoms with Crippen LogP contribution in [0.3, 0.4) is 0 Å². The maximum absolute atomic E-state index is 13.5. The number of hydrogen-bond acceptors (Lipinski definition) is 4. The molecule has 0 saturated carbocycles. The SMILES string of the molecule is CC1(C)COC(c2cc(C(N)=O)cc(F)c2O)OC1. The zero-order chi connectivity index (χ0) is 14.2. The van der Waals surface area contributed by atoms with Crippen molar-refractivity contribution in [3.63, 3.8) is 0 Å². The highest BCUT2D eigenvalue weighted by Crippen LogP contribution is 2.36. The van der Waals surface area contributed by atoms with Gasteiger partial charge >= 0.3 is 0 Å². The Morgan fingerprint density at radius 1 is 1.42 bits per heavy atom. The van der Waals surface area contributed by atoms with E-state index in [1.54, 1.807) is 0 Å². The van der Waals surface area contributed by atoms with E-state index in [2.05, 4.69) is 0 Å². The highest BCUT2D eigenvalue weighted by molar-refractivity contribution is 5.93. The molecule has 1 aliphatic heterocycles. The van der Waals surface area contributed by atoms with Crippen molar-refractivity contribution in [2.45, 2.75) is 20.1 Å². The number of hydrogen-bond donors (Lipinski definition) is 2. The van der Waals surface area contributed by atoms with Crippen LogP contribution in [0.1, 0.15) is 36.1 Å². The van der Waals surface area contributed by atoms with Crippen molar-refractivity contribution in [3.05, 3.63) is 29.1 Å². The molecule has 1 heterocycles. The number of nitrogens with two attached hydrogens (primary N) is 1. The van der Waals surface area contributed by atoms with Gasteiger partial charge in [0.15, 0.2) is 17.9 Å². The number of carbonyl (C=O) groups is 1. The molecule has 1 aromatic carbocycles. The number of phenolic OH excluding ortho intramolecular Hbond substituents is 1. The van der Waals surface area contributed by atoms with E-state index in [9.17, 15) is 14.3 Å². The first-order valence-electron chi connectivity index (χ1n) is 5.85. The van der Waals surface area contributed by atoms with Crippen LogP contribution in [0.25, 0.3) is 0 Å². The van der Waals surface area contributed by atoms with E-state index in [1.165, 1.54) is 6.07 Å². The number of rotatable bonds is 2. The molecular weight excluding hydrogens is 253 g/mol. The minimum Gasteiger partial charge on any atom is -0.504 e. The van der Waals surface area contributed by atoms with Gasteiger partial charge in [-0.1, -0.05) is 13.8 Å². The van der Waals surface area contributed by atoms with Crippen LogP contribution < -0.4 is 5.73 Å². The van der Waals surface area contributed by atoms with Crippen molar-refractivity contribution in [2.24, 2.45) is 11.1 Å². The topological polar surface area (TPSA) is 81.8 Å². The van der Waals surface area contributed by atoms with Gasteiger partial charge in [0.2, 0.25) is 5.91 Å². The summed E-state index contributed by atoms with van der Waals surface area (Å²) < 4.78 is 24.4. The Balaban J connectivity index is 2.32. The summed E-state index contributed by atoms with van der Waals surface area (Å²) in [4.78, 5) is 11.1. The molecule has 6 heteroatoms. The Labute approximate surface area is 110 Å². The molecule has 0 aliphatic carbocycles. The molecule has 0 aromatic heterocycles. The van der Waals surface area contributed by atoms with Gasteiger partial charge in [-0.15, -0.1) is 0 Å². The summed E-state index contributed by atoms with van der Waals surface area (Å²) in [5.41, 5.74) is 4.99. The van der Waals surface area contributed by atoms with Gasteiger partial charge in [-0.05, 0) is 12.1 Å². The van der Waals surface area contributed by atoms with Gasteiger partial charge in [0.05, 0.1) is 18.8 Å². The van der Waals surface area contributed by atoms with Gasteiger partial charge in [-0.2, -0.15) is 0 Å². The summed E-state index contributed by atoms with van der Waals surface area (Å²) in [7, 11) is 0. The second-order valence-electron chi connectivity index (χ2n) is 5.38. The number of amides is 1. The molecule has 0 unspecified atom stereocenters. The first-order valence-corrected chi connectivity index (χ1v) is 5.85. The molecule has 1 saturated heterocycles. The lowest BCUT2D eigenvalue weighted by Crippen LogP contribution is -2.34. The molecular formula is C13H16FNO4. The van der Waals surface area contributed by atoms with Crippen LogP contribution in [0.5, 0.6) is 5.75 Å². The minimum atomic E-state index is -0.927. The molecule has 2 rings (SSSR count). The number of carbonyl (C=O) groups excluding carboxylic acids is 1. The largest absolute Gasteiger partial charge is 0.504 e.